The number of rotatable bonds is 4. The Bertz CT molecular complexity index is 380. The fourth-order valence-corrected chi connectivity index (χ4v) is 2.56. The largest absolute Gasteiger partial charge is 0.394 e. The van der Waals surface area contributed by atoms with Crippen LogP contribution in [0.2, 0.25) is 0 Å². The van der Waals surface area contributed by atoms with Gasteiger partial charge < -0.3 is 55.1 Å². The summed E-state index contributed by atoms with van der Waals surface area (Å²) in [5.74, 6) is 0. The molecule has 23 heavy (non-hydrogen) atoms. The van der Waals surface area contributed by atoms with Crippen LogP contribution in [0.1, 0.15) is 0 Å². The molecule has 2 saturated heterocycles. The van der Waals surface area contributed by atoms with Gasteiger partial charge in [0.05, 0.1) is 13.2 Å². The minimum atomic E-state index is -1.76. The summed E-state index contributed by atoms with van der Waals surface area (Å²) in [5, 5.41) is 76.8. The summed E-state index contributed by atoms with van der Waals surface area (Å²) >= 11 is 0. The molecule has 0 aromatic rings. The van der Waals surface area contributed by atoms with Gasteiger partial charge in [0.25, 0.3) is 0 Å². The lowest BCUT2D eigenvalue weighted by molar-refractivity contribution is -0.355. The standard InChI is InChI=1S/C12H22O11/c13-1-3-5(15)7(17)8(18)12(22-3)23-10-6(16)4(2-14)21-11(20)9(10)19/h3-20H,1-2H2/t3-,4?,5-,6?,7+,8-,9?,10?,11?,12+/m1/s1. The molecule has 2 rings (SSSR count). The zero-order chi connectivity index (χ0) is 17.3. The van der Waals surface area contributed by atoms with Gasteiger partial charge in [-0.2, -0.15) is 0 Å². The minimum Gasteiger partial charge on any atom is -0.394 e. The van der Waals surface area contributed by atoms with Crippen molar-refractivity contribution < 1.29 is 55.1 Å². The lowest BCUT2D eigenvalue weighted by Gasteiger charge is -2.45. The van der Waals surface area contributed by atoms with Gasteiger partial charge in [-0.3, -0.25) is 0 Å². The quantitative estimate of drug-likeness (QED) is 0.243. The molecule has 11 heteroatoms. The molecule has 2 aliphatic rings. The first-order valence-corrected chi connectivity index (χ1v) is 7.08. The summed E-state index contributed by atoms with van der Waals surface area (Å²) in [6.45, 7) is -1.34. The van der Waals surface area contributed by atoms with Crippen molar-refractivity contribution in [3.63, 3.8) is 0 Å². The van der Waals surface area contributed by atoms with Crippen LogP contribution in [0, 0.1) is 0 Å². The third-order valence-corrected chi connectivity index (χ3v) is 3.98. The Kier molecular flexibility index (Phi) is 6.27. The van der Waals surface area contributed by atoms with Gasteiger partial charge in [0.15, 0.2) is 12.6 Å². The SMILES string of the molecule is OCC1OC(O)C(O)C(O[C@@H]2O[C@H](CO)[C@@H](O)[C@H](O)[C@H]2O)C1O. The van der Waals surface area contributed by atoms with Gasteiger partial charge in [0.2, 0.25) is 0 Å². The topological polar surface area (TPSA) is 190 Å². The van der Waals surface area contributed by atoms with Gasteiger partial charge in [-0.05, 0) is 0 Å². The van der Waals surface area contributed by atoms with Crippen molar-refractivity contribution in [2.75, 3.05) is 13.2 Å². The van der Waals surface area contributed by atoms with Crippen LogP contribution in [0.3, 0.4) is 0 Å². The van der Waals surface area contributed by atoms with Crippen molar-refractivity contribution in [3.05, 3.63) is 0 Å². The predicted octanol–water partition coefficient (Wildman–Crippen LogP) is -5.40. The number of aliphatic hydroxyl groups excluding tert-OH is 8. The molecule has 0 spiro atoms. The molecule has 2 fully saturated rings. The fraction of sp³-hybridized carbons (Fsp3) is 1.00. The van der Waals surface area contributed by atoms with Crippen LogP contribution in [0.4, 0.5) is 0 Å². The van der Waals surface area contributed by atoms with Gasteiger partial charge in [-0.25, -0.2) is 0 Å². The number of aliphatic hydroxyl groups is 8. The fourth-order valence-electron chi connectivity index (χ4n) is 2.56. The molecule has 0 radical (unpaired) electrons. The molecule has 0 bridgehead atoms. The summed E-state index contributed by atoms with van der Waals surface area (Å²) in [6.07, 6.45) is -15.7. The monoisotopic (exact) mass is 342 g/mol. The second-order valence-corrected chi connectivity index (χ2v) is 5.53. The molecule has 8 N–H and O–H groups in total. The summed E-state index contributed by atoms with van der Waals surface area (Å²) in [4.78, 5) is 0. The normalized spacial score (nSPS) is 51.7. The van der Waals surface area contributed by atoms with Crippen molar-refractivity contribution in [2.45, 2.75) is 61.4 Å². The van der Waals surface area contributed by atoms with E-state index in [1.807, 2.05) is 0 Å². The first kappa shape index (κ1) is 18.9. The summed E-state index contributed by atoms with van der Waals surface area (Å²) < 4.78 is 15.1. The molecule has 136 valence electrons. The predicted molar refractivity (Wildman–Crippen MR) is 68.6 cm³/mol. The Morgan fingerprint density at radius 3 is 1.78 bits per heavy atom. The molecule has 5 unspecified atom stereocenters. The van der Waals surface area contributed by atoms with Crippen LogP contribution in [0.25, 0.3) is 0 Å². The second-order valence-electron chi connectivity index (χ2n) is 5.53. The highest BCUT2D eigenvalue weighted by Gasteiger charge is 2.50. The summed E-state index contributed by atoms with van der Waals surface area (Å²) in [5.41, 5.74) is 0. The molecule has 0 saturated carbocycles. The van der Waals surface area contributed by atoms with Crippen molar-refractivity contribution in [1.29, 1.82) is 0 Å². The maximum atomic E-state index is 10.00. The summed E-state index contributed by atoms with van der Waals surface area (Å²) in [7, 11) is 0. The van der Waals surface area contributed by atoms with Gasteiger partial charge >= 0.3 is 0 Å². The van der Waals surface area contributed by atoms with Crippen LogP contribution >= 0.6 is 0 Å². The van der Waals surface area contributed by atoms with E-state index in [-0.39, 0.29) is 0 Å². The van der Waals surface area contributed by atoms with Crippen LogP contribution in [0.5, 0.6) is 0 Å². The van der Waals surface area contributed by atoms with Gasteiger partial charge in [-0.15, -0.1) is 0 Å². The summed E-state index contributed by atoms with van der Waals surface area (Å²) in [6, 6.07) is 0. The van der Waals surface area contributed by atoms with Crippen molar-refractivity contribution in [2.24, 2.45) is 0 Å². The van der Waals surface area contributed by atoms with Crippen LogP contribution in [-0.2, 0) is 14.2 Å². The lowest BCUT2D eigenvalue weighted by atomic mass is 9.97. The van der Waals surface area contributed by atoms with Crippen LogP contribution in [0.15, 0.2) is 0 Å². The Morgan fingerprint density at radius 2 is 1.22 bits per heavy atom. The third kappa shape index (κ3) is 3.65. The Morgan fingerprint density at radius 1 is 0.652 bits per heavy atom. The molecule has 0 aromatic carbocycles. The Balaban J connectivity index is 2.11. The Hall–Kier alpha value is -0.440. The molecule has 2 heterocycles. The maximum Gasteiger partial charge on any atom is 0.187 e. The van der Waals surface area contributed by atoms with E-state index in [0.29, 0.717) is 0 Å². The first-order valence-electron chi connectivity index (χ1n) is 7.08. The maximum absolute atomic E-state index is 10.00. The van der Waals surface area contributed by atoms with Gasteiger partial charge in [0.1, 0.15) is 48.8 Å². The van der Waals surface area contributed by atoms with Crippen LogP contribution in [-0.4, -0.2) is 115 Å². The number of hydrogen-bond donors (Lipinski definition) is 8. The average molecular weight is 342 g/mol. The lowest BCUT2D eigenvalue weighted by Crippen LogP contribution is -2.64. The van der Waals surface area contributed by atoms with E-state index in [0.717, 1.165) is 0 Å². The average Bonchev–Trinajstić information content (AvgIpc) is 2.54. The van der Waals surface area contributed by atoms with Crippen molar-refractivity contribution in [1.82, 2.24) is 0 Å². The third-order valence-electron chi connectivity index (χ3n) is 3.98. The van der Waals surface area contributed by atoms with E-state index in [2.05, 4.69) is 0 Å². The van der Waals surface area contributed by atoms with Crippen molar-refractivity contribution in [3.8, 4) is 0 Å². The van der Waals surface area contributed by atoms with E-state index in [1.165, 1.54) is 0 Å². The number of ether oxygens (including phenoxy) is 3. The molecule has 0 aliphatic carbocycles. The van der Waals surface area contributed by atoms with E-state index in [1.54, 1.807) is 0 Å². The van der Waals surface area contributed by atoms with Crippen LogP contribution < -0.4 is 0 Å². The molecular formula is C12H22O11. The van der Waals surface area contributed by atoms with E-state index < -0.39 is 74.6 Å². The van der Waals surface area contributed by atoms with E-state index in [4.69, 9.17) is 24.4 Å². The zero-order valence-corrected chi connectivity index (χ0v) is 12.0. The highest BCUT2D eigenvalue weighted by Crippen LogP contribution is 2.28. The smallest absolute Gasteiger partial charge is 0.187 e. The number of hydrogen-bond acceptors (Lipinski definition) is 11. The highest BCUT2D eigenvalue weighted by atomic mass is 16.7. The van der Waals surface area contributed by atoms with E-state index in [9.17, 15) is 30.6 Å². The first-order chi connectivity index (χ1) is 10.8. The Labute approximate surface area is 130 Å². The molecule has 10 atom stereocenters. The molecule has 11 nitrogen and oxygen atoms in total. The highest BCUT2D eigenvalue weighted by molar-refractivity contribution is 4.93. The second kappa shape index (κ2) is 7.63. The zero-order valence-electron chi connectivity index (χ0n) is 12.0. The molecule has 2 aliphatic heterocycles. The van der Waals surface area contributed by atoms with Crippen molar-refractivity contribution >= 4 is 0 Å². The molecule has 0 amide bonds. The van der Waals surface area contributed by atoms with Gasteiger partial charge in [0, 0.05) is 0 Å². The molecule has 0 aromatic heterocycles. The van der Waals surface area contributed by atoms with E-state index >= 15 is 0 Å². The molecular weight excluding hydrogens is 320 g/mol. The minimum absolute atomic E-state index is 0.667. The van der Waals surface area contributed by atoms with Gasteiger partial charge in [-0.1, -0.05) is 0 Å².